The summed E-state index contributed by atoms with van der Waals surface area (Å²) in [7, 11) is 1.64. The van der Waals surface area contributed by atoms with Crippen molar-refractivity contribution in [2.24, 2.45) is 0 Å². The molecule has 0 saturated heterocycles. The highest BCUT2D eigenvalue weighted by molar-refractivity contribution is 9.10. The molecule has 0 N–H and O–H groups in total. The smallest absolute Gasteiger partial charge is 0.181 e. The third kappa shape index (κ3) is 2.15. The van der Waals surface area contributed by atoms with Crippen LogP contribution >= 0.6 is 15.9 Å². The van der Waals surface area contributed by atoms with Gasteiger partial charge in [-0.05, 0) is 28.9 Å². The molecule has 0 atom stereocenters. The molecule has 0 aliphatic heterocycles. The maximum absolute atomic E-state index is 5.24. The Morgan fingerprint density at radius 3 is 2.67 bits per heavy atom. The molecule has 2 heterocycles. The Labute approximate surface area is 98.2 Å². The van der Waals surface area contributed by atoms with Gasteiger partial charge in [0.05, 0.1) is 11.6 Å². The van der Waals surface area contributed by atoms with Gasteiger partial charge in [0.15, 0.2) is 11.4 Å². The number of halogens is 1. The fourth-order valence-corrected chi connectivity index (χ4v) is 1.77. The summed E-state index contributed by atoms with van der Waals surface area (Å²) in [6.45, 7) is 6.01. The number of nitrogens with zero attached hydrogens (tertiary/aromatic N) is 2. The number of pyridine rings is 1. The monoisotopic (exact) mass is 270 g/mol. The molecule has 3 nitrogen and oxygen atoms in total. The van der Waals surface area contributed by atoms with Crippen molar-refractivity contribution in [3.63, 3.8) is 0 Å². The minimum Gasteiger partial charge on any atom is -0.492 e. The van der Waals surface area contributed by atoms with E-state index in [0.717, 1.165) is 21.6 Å². The van der Waals surface area contributed by atoms with Crippen LogP contribution in [0.1, 0.15) is 19.5 Å². The molecule has 0 unspecified atom stereocenters. The number of hydrogen-bond acceptors (Lipinski definition) is 2. The second-order valence-electron chi connectivity index (χ2n) is 2.79. The van der Waals surface area contributed by atoms with Gasteiger partial charge in [-0.25, -0.2) is 4.98 Å². The quantitative estimate of drug-likeness (QED) is 0.794. The molecule has 82 valence electrons. The Morgan fingerprint density at radius 2 is 2.07 bits per heavy atom. The highest BCUT2D eigenvalue weighted by Gasteiger charge is 2.08. The van der Waals surface area contributed by atoms with Crippen LogP contribution in [-0.4, -0.2) is 16.5 Å². The molecule has 0 aromatic carbocycles. The number of hydrogen-bond donors (Lipinski definition) is 0. The summed E-state index contributed by atoms with van der Waals surface area (Å²) in [5.41, 5.74) is 1.94. The van der Waals surface area contributed by atoms with Crippen LogP contribution in [-0.2, 0) is 0 Å². The Kier molecular flexibility index (Phi) is 4.15. The van der Waals surface area contributed by atoms with Crippen LogP contribution in [0.25, 0.3) is 5.65 Å². The van der Waals surface area contributed by atoms with Crippen LogP contribution in [0.4, 0.5) is 0 Å². The summed E-state index contributed by atoms with van der Waals surface area (Å²) < 4.78 is 8.16. The van der Waals surface area contributed by atoms with Crippen molar-refractivity contribution < 1.29 is 4.74 Å². The Bertz CT molecular complexity index is 451. The number of aromatic nitrogens is 2. The second-order valence-corrected chi connectivity index (χ2v) is 3.64. The summed E-state index contributed by atoms with van der Waals surface area (Å²) in [5.74, 6) is 0.774. The maximum atomic E-state index is 5.24. The van der Waals surface area contributed by atoms with E-state index in [-0.39, 0.29) is 0 Å². The molecule has 2 aromatic heterocycles. The lowest BCUT2D eigenvalue weighted by molar-refractivity contribution is 0.414. The van der Waals surface area contributed by atoms with E-state index in [1.807, 2.05) is 43.6 Å². The van der Waals surface area contributed by atoms with Gasteiger partial charge >= 0.3 is 0 Å². The number of ether oxygens (including phenoxy) is 1. The maximum Gasteiger partial charge on any atom is 0.181 e. The zero-order chi connectivity index (χ0) is 11.4. The molecule has 15 heavy (non-hydrogen) atoms. The van der Waals surface area contributed by atoms with Crippen molar-refractivity contribution in [2.45, 2.75) is 20.8 Å². The van der Waals surface area contributed by atoms with Crippen LogP contribution in [0.15, 0.2) is 22.9 Å². The molecular weight excluding hydrogens is 256 g/mol. The third-order valence-electron chi connectivity index (χ3n) is 1.98. The molecule has 0 spiro atoms. The lowest BCUT2D eigenvalue weighted by Crippen LogP contribution is -1.92. The third-order valence-corrected chi connectivity index (χ3v) is 2.60. The SMILES string of the molecule is CC.COc1c(Br)ccn2c(C)cnc12. The summed E-state index contributed by atoms with van der Waals surface area (Å²) in [4.78, 5) is 4.26. The van der Waals surface area contributed by atoms with E-state index in [1.54, 1.807) is 7.11 Å². The van der Waals surface area contributed by atoms with Gasteiger partial charge in [0.1, 0.15) is 0 Å². The first kappa shape index (κ1) is 12.0. The summed E-state index contributed by atoms with van der Waals surface area (Å²) in [6, 6.07) is 1.94. The topological polar surface area (TPSA) is 26.5 Å². The van der Waals surface area contributed by atoms with Gasteiger partial charge in [0, 0.05) is 18.1 Å². The normalized spacial score (nSPS) is 9.67. The molecule has 0 radical (unpaired) electrons. The van der Waals surface area contributed by atoms with Crippen molar-refractivity contribution in [2.75, 3.05) is 7.11 Å². The highest BCUT2D eigenvalue weighted by Crippen LogP contribution is 2.28. The first-order valence-electron chi connectivity index (χ1n) is 4.90. The molecular formula is C11H15BrN2O. The lowest BCUT2D eigenvalue weighted by Gasteiger charge is -2.04. The number of rotatable bonds is 1. The predicted octanol–water partition coefficient (Wildman–Crippen LogP) is 3.44. The first-order chi connectivity index (χ1) is 7.24. The minimum absolute atomic E-state index is 0.774. The Balaban J connectivity index is 0.000000531. The zero-order valence-electron chi connectivity index (χ0n) is 9.41. The standard InChI is InChI=1S/C9H9BrN2O.C2H6/c1-6-5-11-9-8(13-2)7(10)3-4-12(6)9;1-2/h3-5H,1-2H3;1-2H3. The molecule has 0 fully saturated rings. The largest absolute Gasteiger partial charge is 0.492 e. The average molecular weight is 271 g/mol. The average Bonchev–Trinajstić information content (AvgIpc) is 2.63. The predicted molar refractivity (Wildman–Crippen MR) is 65.5 cm³/mol. The molecule has 0 saturated carbocycles. The van der Waals surface area contributed by atoms with Crippen molar-refractivity contribution in [3.8, 4) is 5.75 Å². The van der Waals surface area contributed by atoms with E-state index in [1.165, 1.54) is 0 Å². The summed E-state index contributed by atoms with van der Waals surface area (Å²) in [5, 5.41) is 0. The van der Waals surface area contributed by atoms with E-state index >= 15 is 0 Å². The van der Waals surface area contributed by atoms with E-state index in [9.17, 15) is 0 Å². The van der Waals surface area contributed by atoms with Crippen molar-refractivity contribution in [1.82, 2.24) is 9.38 Å². The van der Waals surface area contributed by atoms with Crippen molar-refractivity contribution in [1.29, 1.82) is 0 Å². The Morgan fingerprint density at radius 1 is 1.40 bits per heavy atom. The molecule has 2 aromatic rings. The van der Waals surface area contributed by atoms with Gasteiger partial charge < -0.3 is 9.14 Å². The lowest BCUT2D eigenvalue weighted by atomic mass is 10.4. The van der Waals surface area contributed by atoms with Crippen molar-refractivity contribution in [3.05, 3.63) is 28.6 Å². The van der Waals surface area contributed by atoms with Crippen LogP contribution in [0.3, 0.4) is 0 Å². The highest BCUT2D eigenvalue weighted by atomic mass is 79.9. The van der Waals surface area contributed by atoms with Gasteiger partial charge in [0.25, 0.3) is 0 Å². The second kappa shape index (κ2) is 5.16. The number of fused-ring (bicyclic) bond motifs is 1. The van der Waals surface area contributed by atoms with Crippen LogP contribution in [0, 0.1) is 6.92 Å². The van der Waals surface area contributed by atoms with Crippen LogP contribution in [0.2, 0.25) is 0 Å². The number of imidazole rings is 1. The fraction of sp³-hybridized carbons (Fsp3) is 0.364. The first-order valence-corrected chi connectivity index (χ1v) is 5.69. The van der Waals surface area contributed by atoms with Crippen molar-refractivity contribution >= 4 is 21.6 Å². The minimum atomic E-state index is 0.774. The van der Waals surface area contributed by atoms with Crippen LogP contribution in [0.5, 0.6) is 5.75 Å². The number of methoxy groups -OCH3 is 1. The van der Waals surface area contributed by atoms with Gasteiger partial charge in [-0.15, -0.1) is 0 Å². The molecule has 0 aliphatic rings. The molecule has 4 heteroatoms. The van der Waals surface area contributed by atoms with Gasteiger partial charge in [-0.1, -0.05) is 13.8 Å². The van der Waals surface area contributed by atoms with E-state index < -0.39 is 0 Å². The molecule has 0 bridgehead atoms. The summed E-state index contributed by atoms with van der Waals surface area (Å²) in [6.07, 6.45) is 3.79. The zero-order valence-corrected chi connectivity index (χ0v) is 11.0. The molecule has 2 rings (SSSR count). The molecule has 0 amide bonds. The Hall–Kier alpha value is -1.03. The molecule has 0 aliphatic carbocycles. The van der Waals surface area contributed by atoms with E-state index in [2.05, 4.69) is 20.9 Å². The van der Waals surface area contributed by atoms with E-state index in [0.29, 0.717) is 0 Å². The number of aryl methyl sites for hydroxylation is 1. The van der Waals surface area contributed by atoms with Gasteiger partial charge in [-0.2, -0.15) is 0 Å². The van der Waals surface area contributed by atoms with Gasteiger partial charge in [0.2, 0.25) is 0 Å². The fourth-order valence-electron chi connectivity index (χ4n) is 1.31. The summed E-state index contributed by atoms with van der Waals surface area (Å²) >= 11 is 3.41. The van der Waals surface area contributed by atoms with Gasteiger partial charge in [-0.3, -0.25) is 0 Å². The van der Waals surface area contributed by atoms with Crippen LogP contribution < -0.4 is 4.74 Å². The van der Waals surface area contributed by atoms with E-state index in [4.69, 9.17) is 4.74 Å².